The minimum atomic E-state index is -1.08. The number of nitro groups is 1. The molecule has 1 atom stereocenters. The number of nitrogens with zero attached hydrogens (tertiary/aromatic N) is 1. The van der Waals surface area contributed by atoms with Crippen LogP contribution < -0.4 is 21.7 Å². The predicted octanol–water partition coefficient (Wildman–Crippen LogP) is 1.72. The van der Waals surface area contributed by atoms with E-state index in [9.17, 15) is 24.5 Å². The van der Waals surface area contributed by atoms with Crippen molar-refractivity contribution in [2.45, 2.75) is 18.9 Å². The van der Waals surface area contributed by atoms with E-state index in [-0.39, 0.29) is 30.9 Å². The molecule has 3 amide bonds. The Morgan fingerprint density at radius 3 is 2.44 bits per heavy atom. The molecular weight excluding hydrogens is 420 g/mol. The first-order valence-corrected chi connectivity index (χ1v) is 9.40. The van der Waals surface area contributed by atoms with Gasteiger partial charge in [0.05, 0.1) is 23.8 Å². The lowest BCUT2D eigenvalue weighted by Gasteiger charge is -2.19. The highest BCUT2D eigenvalue weighted by molar-refractivity contribution is 5.96. The van der Waals surface area contributed by atoms with Crippen LogP contribution in [0.15, 0.2) is 48.5 Å². The maximum atomic E-state index is 12.5. The first-order chi connectivity index (χ1) is 15.2. The van der Waals surface area contributed by atoms with E-state index in [0.29, 0.717) is 16.8 Å². The quantitative estimate of drug-likeness (QED) is 0.139. The van der Waals surface area contributed by atoms with Crippen molar-refractivity contribution in [3.05, 3.63) is 69.8 Å². The van der Waals surface area contributed by atoms with E-state index in [1.807, 2.05) is 0 Å². The van der Waals surface area contributed by atoms with Crippen molar-refractivity contribution in [3.63, 3.8) is 0 Å². The second-order valence-electron chi connectivity index (χ2n) is 6.69. The Bertz CT molecular complexity index is 1020. The fraction of sp³-hybridized carbons (Fsp3) is 0.200. The molecule has 12 heteroatoms. The summed E-state index contributed by atoms with van der Waals surface area (Å²) in [5.41, 5.74) is 6.39. The Balaban J connectivity index is 2.14. The lowest BCUT2D eigenvalue weighted by atomic mass is 10.0. The van der Waals surface area contributed by atoms with E-state index >= 15 is 0 Å². The summed E-state index contributed by atoms with van der Waals surface area (Å²) >= 11 is 0. The average molecular weight is 442 g/mol. The van der Waals surface area contributed by atoms with Crippen LogP contribution >= 0.6 is 0 Å². The Hall–Kier alpha value is -4.48. The summed E-state index contributed by atoms with van der Waals surface area (Å²) in [6.07, 6.45) is -0.533. The summed E-state index contributed by atoms with van der Waals surface area (Å²) < 4.78 is 0. The maximum Gasteiger partial charge on any atom is 0.319 e. The zero-order valence-electron chi connectivity index (χ0n) is 16.8. The molecule has 12 nitrogen and oxygen atoms in total. The van der Waals surface area contributed by atoms with E-state index in [2.05, 4.69) is 16.0 Å². The van der Waals surface area contributed by atoms with Crippen molar-refractivity contribution in [2.75, 3.05) is 11.9 Å². The van der Waals surface area contributed by atoms with Crippen molar-refractivity contribution >= 4 is 35.1 Å². The number of carbonyl (C=O) groups excluding carboxylic acids is 2. The predicted molar refractivity (Wildman–Crippen MR) is 115 cm³/mol. The standard InChI is InChI=1S/C20H22N6O6/c21-19(22)12-4-6-14(7-5-12)24-20(30)25-16(11-17(27)23-9-8-18(28)29)13-2-1-3-15(10-13)26(31)32/h1-7,10,16H,8-9,11H2,(H3,21,22)(H,23,27)(H,28,29)(H2,24,25,30). The summed E-state index contributed by atoms with van der Waals surface area (Å²) in [5.74, 6) is -1.73. The van der Waals surface area contributed by atoms with Crippen molar-refractivity contribution < 1.29 is 24.4 Å². The number of urea groups is 1. The van der Waals surface area contributed by atoms with Gasteiger partial charge in [-0.3, -0.25) is 25.1 Å². The van der Waals surface area contributed by atoms with Gasteiger partial charge in [0.1, 0.15) is 5.84 Å². The van der Waals surface area contributed by atoms with Crippen molar-refractivity contribution in [1.29, 1.82) is 5.41 Å². The number of non-ortho nitro benzene ring substituents is 1. The summed E-state index contributed by atoms with van der Waals surface area (Å²) in [7, 11) is 0. The van der Waals surface area contributed by atoms with Crippen LogP contribution in [0.25, 0.3) is 0 Å². The Labute approximate surface area is 182 Å². The number of nitrogens with two attached hydrogens (primary N) is 1. The fourth-order valence-electron chi connectivity index (χ4n) is 2.73. The van der Waals surface area contributed by atoms with Gasteiger partial charge in [0.2, 0.25) is 5.91 Å². The first-order valence-electron chi connectivity index (χ1n) is 9.40. The number of carbonyl (C=O) groups is 3. The molecule has 168 valence electrons. The Morgan fingerprint density at radius 1 is 1.16 bits per heavy atom. The SMILES string of the molecule is N=C(N)c1ccc(NC(=O)NC(CC(=O)NCCC(=O)O)c2cccc([N+](=O)[O-])c2)cc1. The number of nitrogen functional groups attached to an aromatic ring is 1. The molecule has 0 aromatic heterocycles. The Kier molecular flexibility index (Phi) is 8.22. The van der Waals surface area contributed by atoms with Crippen LogP contribution in [-0.2, 0) is 9.59 Å². The second-order valence-corrected chi connectivity index (χ2v) is 6.69. The molecule has 2 aromatic carbocycles. The summed E-state index contributed by atoms with van der Waals surface area (Å²) in [5, 5.41) is 34.7. The van der Waals surface area contributed by atoms with Crippen molar-refractivity contribution in [3.8, 4) is 0 Å². The third-order valence-corrected chi connectivity index (χ3v) is 4.29. The number of carboxylic acid groups (broad SMARTS) is 1. The molecule has 7 N–H and O–H groups in total. The number of hydrogen-bond donors (Lipinski definition) is 6. The maximum absolute atomic E-state index is 12.5. The molecule has 32 heavy (non-hydrogen) atoms. The third-order valence-electron chi connectivity index (χ3n) is 4.29. The van der Waals surface area contributed by atoms with Gasteiger partial charge in [-0.25, -0.2) is 4.79 Å². The van der Waals surface area contributed by atoms with E-state index in [1.165, 1.54) is 36.4 Å². The van der Waals surface area contributed by atoms with Crippen LogP contribution in [0, 0.1) is 15.5 Å². The summed E-state index contributed by atoms with van der Waals surface area (Å²) in [6, 6.07) is 10.1. The van der Waals surface area contributed by atoms with Crippen LogP contribution in [0.3, 0.4) is 0 Å². The largest absolute Gasteiger partial charge is 0.481 e. The van der Waals surface area contributed by atoms with Gasteiger partial charge in [-0.05, 0) is 29.8 Å². The average Bonchev–Trinajstić information content (AvgIpc) is 2.73. The van der Waals surface area contributed by atoms with Crippen molar-refractivity contribution in [1.82, 2.24) is 10.6 Å². The number of nitro benzene ring substituents is 1. The number of rotatable bonds is 10. The van der Waals surface area contributed by atoms with Gasteiger partial charge in [-0.1, -0.05) is 12.1 Å². The monoisotopic (exact) mass is 442 g/mol. The molecule has 0 saturated heterocycles. The number of carboxylic acids is 1. The van der Waals surface area contributed by atoms with Gasteiger partial charge in [-0.15, -0.1) is 0 Å². The highest BCUT2D eigenvalue weighted by Crippen LogP contribution is 2.22. The molecule has 2 aromatic rings. The van der Waals surface area contributed by atoms with Crippen molar-refractivity contribution in [2.24, 2.45) is 5.73 Å². The zero-order chi connectivity index (χ0) is 23.7. The molecule has 0 bridgehead atoms. The number of amidine groups is 1. The lowest BCUT2D eigenvalue weighted by molar-refractivity contribution is -0.384. The first kappa shape index (κ1) is 23.8. The van der Waals surface area contributed by atoms with Crippen LogP contribution in [0.4, 0.5) is 16.2 Å². The lowest BCUT2D eigenvalue weighted by Crippen LogP contribution is -2.36. The van der Waals surface area contributed by atoms with Gasteiger partial charge in [-0.2, -0.15) is 0 Å². The molecule has 0 radical (unpaired) electrons. The number of amides is 3. The molecule has 0 aliphatic heterocycles. The Morgan fingerprint density at radius 2 is 1.84 bits per heavy atom. The minimum Gasteiger partial charge on any atom is -0.481 e. The van der Waals surface area contributed by atoms with Crippen LogP contribution in [0.1, 0.15) is 30.0 Å². The molecule has 0 spiro atoms. The van der Waals surface area contributed by atoms with Gasteiger partial charge in [0, 0.05) is 29.9 Å². The molecule has 2 rings (SSSR count). The number of nitrogens with one attached hydrogen (secondary N) is 4. The smallest absolute Gasteiger partial charge is 0.319 e. The zero-order valence-corrected chi connectivity index (χ0v) is 16.8. The summed E-state index contributed by atoms with van der Waals surface area (Å²) in [6.45, 7) is -0.0927. The van der Waals surface area contributed by atoms with E-state index in [1.54, 1.807) is 12.1 Å². The van der Waals surface area contributed by atoms with Gasteiger partial charge >= 0.3 is 12.0 Å². The topological polar surface area (TPSA) is 201 Å². The number of hydrogen-bond acceptors (Lipinski definition) is 6. The summed E-state index contributed by atoms with van der Waals surface area (Å²) in [4.78, 5) is 45.8. The van der Waals surface area contributed by atoms with Crippen LogP contribution in [0.2, 0.25) is 0 Å². The van der Waals surface area contributed by atoms with Gasteiger partial charge in [0.15, 0.2) is 0 Å². The third kappa shape index (κ3) is 7.40. The van der Waals surface area contributed by atoms with E-state index in [0.717, 1.165) is 0 Å². The molecule has 0 aliphatic carbocycles. The van der Waals surface area contributed by atoms with E-state index in [4.69, 9.17) is 16.2 Å². The highest BCUT2D eigenvalue weighted by Gasteiger charge is 2.21. The second kappa shape index (κ2) is 11.1. The number of aliphatic carboxylic acids is 1. The molecular formula is C20H22N6O6. The molecule has 1 unspecified atom stereocenters. The van der Waals surface area contributed by atoms with Gasteiger partial charge in [0.25, 0.3) is 5.69 Å². The molecule has 0 saturated carbocycles. The fourth-order valence-corrected chi connectivity index (χ4v) is 2.73. The minimum absolute atomic E-state index is 0.0927. The number of benzene rings is 2. The molecule has 0 aliphatic rings. The molecule has 0 fully saturated rings. The number of anilines is 1. The normalized spacial score (nSPS) is 11.1. The van der Waals surface area contributed by atoms with Crippen LogP contribution in [0.5, 0.6) is 0 Å². The molecule has 0 heterocycles. The van der Waals surface area contributed by atoms with Crippen LogP contribution in [-0.4, -0.2) is 40.3 Å². The van der Waals surface area contributed by atoms with E-state index < -0.39 is 28.9 Å². The highest BCUT2D eigenvalue weighted by atomic mass is 16.6. The van der Waals surface area contributed by atoms with Gasteiger partial charge < -0.3 is 26.8 Å².